The van der Waals surface area contributed by atoms with Crippen molar-refractivity contribution in [3.63, 3.8) is 0 Å². The van der Waals surface area contributed by atoms with Gasteiger partial charge in [0.15, 0.2) is 0 Å². The third-order valence-electron chi connectivity index (χ3n) is 17.0. The number of rotatable bonds is 4. The van der Waals surface area contributed by atoms with E-state index in [0.717, 1.165) is 46.9 Å². The highest BCUT2D eigenvalue weighted by atomic mass is 16.3. The Morgan fingerprint density at radius 1 is 0.382 bits per heavy atom. The fraction of sp³-hybridized carbons (Fsp3) is 0.250. The molecule has 0 spiro atoms. The van der Waals surface area contributed by atoms with Crippen LogP contribution in [0.25, 0.3) is 44.2 Å². The van der Waals surface area contributed by atoms with E-state index in [1.165, 1.54) is 95.8 Å². The topological polar surface area (TPSA) is 19.6 Å². The molecule has 0 bridgehead atoms. The first-order valence-corrected chi connectivity index (χ1v) is 25.0. The Morgan fingerprint density at radius 2 is 0.926 bits per heavy atom. The van der Waals surface area contributed by atoms with Gasteiger partial charge in [-0.3, -0.25) is 0 Å². The van der Waals surface area contributed by atoms with Crippen LogP contribution in [0, 0.1) is 0 Å². The van der Waals surface area contributed by atoms with Gasteiger partial charge in [-0.1, -0.05) is 165 Å². The maximum absolute atomic E-state index is 6.85. The Labute approximate surface area is 402 Å². The summed E-state index contributed by atoms with van der Waals surface area (Å²) in [6, 6.07) is 62.2. The molecular weight excluding hydrogens is 824 g/mol. The third kappa shape index (κ3) is 6.05. The number of fused-ring (bicyclic) bond motifs is 9. The summed E-state index contributed by atoms with van der Waals surface area (Å²) in [5.74, 6) is 0. The maximum atomic E-state index is 6.85. The Balaban J connectivity index is 1.20. The van der Waals surface area contributed by atoms with Gasteiger partial charge in [0.05, 0.1) is 5.69 Å². The van der Waals surface area contributed by atoms with E-state index >= 15 is 0 Å². The molecule has 3 nitrogen and oxygen atoms in total. The predicted molar refractivity (Wildman–Crippen MR) is 289 cm³/mol. The average Bonchev–Trinajstić information content (AvgIpc) is 3.71. The zero-order valence-corrected chi connectivity index (χ0v) is 40.8. The second-order valence-corrected chi connectivity index (χ2v) is 23.0. The van der Waals surface area contributed by atoms with Crippen molar-refractivity contribution in [3.05, 3.63) is 186 Å². The summed E-state index contributed by atoms with van der Waals surface area (Å²) in [4.78, 5) is 5.28. The molecule has 0 radical (unpaired) electrons. The van der Waals surface area contributed by atoms with Crippen LogP contribution >= 0.6 is 0 Å². The summed E-state index contributed by atoms with van der Waals surface area (Å²) in [6.07, 6.45) is 4.65. The van der Waals surface area contributed by atoms with Crippen LogP contribution < -0.4 is 26.2 Å². The zero-order chi connectivity index (χ0) is 46.5. The molecule has 0 saturated heterocycles. The van der Waals surface area contributed by atoms with Crippen molar-refractivity contribution in [2.24, 2.45) is 0 Å². The fourth-order valence-electron chi connectivity index (χ4n) is 12.9. The van der Waals surface area contributed by atoms with Gasteiger partial charge in [-0.2, -0.15) is 0 Å². The van der Waals surface area contributed by atoms with Gasteiger partial charge in [-0.05, 0) is 157 Å². The number of hydrogen-bond donors (Lipinski definition) is 0. The quantitative estimate of drug-likeness (QED) is 0.164. The molecule has 8 aromatic carbocycles. The van der Waals surface area contributed by atoms with Crippen molar-refractivity contribution >= 4 is 79.2 Å². The molecule has 334 valence electrons. The van der Waals surface area contributed by atoms with Crippen molar-refractivity contribution in [1.82, 2.24) is 0 Å². The first kappa shape index (κ1) is 41.4. The molecule has 0 unspecified atom stereocenters. The SMILES string of the molecule is CC1(C)CCC(C)(C)c2cc(N3c4cc5c(cc4B4c6cc7oc8ccccc8c7cc6N(c6ccccc6-c6ccccc6)c6cc(-c7ccccc7)cc3c64)C(C)(C)CCC5(C)C)ccc21. The Kier molecular flexibility index (Phi) is 8.75. The van der Waals surface area contributed by atoms with Crippen molar-refractivity contribution in [2.45, 2.75) is 103 Å². The standard InChI is InChI=1S/C64H59BN2O/c1-61(2)29-30-62(3,4)48-35-43(27-28-47(48)61)66-55-38-50-49(63(5,6)31-32-64(50,7)8)37-51(55)65-52-39-59-46(45-24-16-18-26-58(45)68-59)36-54(52)67(53-25-17-15-23-44(53)41-21-13-10-14-22-41)57-34-42(33-56(66)60(57)65)40-19-11-9-12-20-40/h9-28,33-39H,29-32H2,1-8H3. The smallest absolute Gasteiger partial charge is 0.252 e. The van der Waals surface area contributed by atoms with E-state index in [1.54, 1.807) is 0 Å². The van der Waals surface area contributed by atoms with Crippen LogP contribution in [0.5, 0.6) is 0 Å². The largest absolute Gasteiger partial charge is 0.456 e. The third-order valence-corrected chi connectivity index (χ3v) is 17.0. The molecule has 4 aliphatic rings. The number of hydrogen-bond acceptors (Lipinski definition) is 3. The van der Waals surface area contributed by atoms with Crippen LogP contribution in [-0.2, 0) is 21.7 Å². The molecule has 13 rings (SSSR count). The van der Waals surface area contributed by atoms with E-state index in [4.69, 9.17) is 4.42 Å². The van der Waals surface area contributed by atoms with Crippen molar-refractivity contribution in [2.75, 3.05) is 9.80 Å². The van der Waals surface area contributed by atoms with Gasteiger partial charge in [0.25, 0.3) is 6.71 Å². The molecule has 0 saturated carbocycles. The van der Waals surface area contributed by atoms with Gasteiger partial charge in [0.1, 0.15) is 11.2 Å². The van der Waals surface area contributed by atoms with Crippen LogP contribution in [0.3, 0.4) is 0 Å². The molecule has 9 aromatic rings. The summed E-state index contributed by atoms with van der Waals surface area (Å²) >= 11 is 0. The normalized spacial score (nSPS) is 17.9. The highest BCUT2D eigenvalue weighted by Gasteiger charge is 2.48. The monoisotopic (exact) mass is 882 g/mol. The number of benzene rings is 8. The minimum atomic E-state index is -0.0667. The van der Waals surface area contributed by atoms with Crippen molar-refractivity contribution in [3.8, 4) is 22.3 Å². The number of anilines is 6. The first-order valence-electron chi connectivity index (χ1n) is 25.0. The summed E-state index contributed by atoms with van der Waals surface area (Å²) in [6.45, 7) is 19.6. The van der Waals surface area contributed by atoms with Crippen LogP contribution in [-0.4, -0.2) is 6.71 Å². The van der Waals surface area contributed by atoms with Crippen LogP contribution in [0.4, 0.5) is 34.1 Å². The molecule has 0 N–H and O–H groups in total. The van der Waals surface area contributed by atoms with Crippen molar-refractivity contribution < 1.29 is 4.42 Å². The molecule has 68 heavy (non-hydrogen) atoms. The minimum Gasteiger partial charge on any atom is -0.456 e. The lowest BCUT2D eigenvalue weighted by Crippen LogP contribution is -2.62. The van der Waals surface area contributed by atoms with E-state index < -0.39 is 0 Å². The molecule has 2 aliphatic carbocycles. The Morgan fingerprint density at radius 3 is 1.63 bits per heavy atom. The van der Waals surface area contributed by atoms with Gasteiger partial charge in [-0.15, -0.1) is 0 Å². The Bertz CT molecular complexity index is 3540. The molecule has 1 aromatic heterocycles. The second kappa shape index (κ2) is 14.4. The van der Waals surface area contributed by atoms with Gasteiger partial charge >= 0.3 is 0 Å². The van der Waals surface area contributed by atoms with Crippen LogP contribution in [0.1, 0.15) is 103 Å². The number of furan rings is 1. The fourth-order valence-corrected chi connectivity index (χ4v) is 12.9. The van der Waals surface area contributed by atoms with Gasteiger partial charge in [-0.25, -0.2) is 0 Å². The van der Waals surface area contributed by atoms with E-state index in [9.17, 15) is 0 Å². The number of para-hydroxylation sites is 2. The summed E-state index contributed by atoms with van der Waals surface area (Å²) in [5.41, 5.74) is 24.0. The summed E-state index contributed by atoms with van der Waals surface area (Å²) in [7, 11) is 0. The lowest BCUT2D eigenvalue weighted by molar-refractivity contribution is 0.332. The highest BCUT2D eigenvalue weighted by Crippen LogP contribution is 2.54. The molecule has 2 aliphatic heterocycles. The average molecular weight is 883 g/mol. The van der Waals surface area contributed by atoms with Crippen molar-refractivity contribution in [1.29, 1.82) is 0 Å². The van der Waals surface area contributed by atoms with Gasteiger partial charge in [0, 0.05) is 44.8 Å². The lowest BCUT2D eigenvalue weighted by Gasteiger charge is -2.48. The van der Waals surface area contributed by atoms with Gasteiger partial charge in [0.2, 0.25) is 0 Å². The summed E-state index contributed by atoms with van der Waals surface area (Å²) in [5, 5.41) is 2.27. The molecule has 0 amide bonds. The van der Waals surface area contributed by atoms with E-state index in [0.29, 0.717) is 0 Å². The molecular formula is C64H59BN2O. The van der Waals surface area contributed by atoms with E-state index in [-0.39, 0.29) is 28.4 Å². The van der Waals surface area contributed by atoms with Gasteiger partial charge < -0.3 is 14.2 Å². The molecule has 0 fully saturated rings. The molecule has 4 heteroatoms. The Hall–Kier alpha value is -6.78. The van der Waals surface area contributed by atoms with Crippen LogP contribution in [0.15, 0.2) is 168 Å². The van der Waals surface area contributed by atoms with E-state index in [2.05, 4.69) is 229 Å². The summed E-state index contributed by atoms with van der Waals surface area (Å²) < 4.78 is 6.85. The zero-order valence-electron chi connectivity index (χ0n) is 40.8. The molecule has 3 heterocycles. The molecule has 0 atom stereocenters. The second-order valence-electron chi connectivity index (χ2n) is 23.0. The highest BCUT2D eigenvalue weighted by molar-refractivity contribution is 7.00. The predicted octanol–water partition coefficient (Wildman–Crippen LogP) is 15.7. The number of nitrogens with zero attached hydrogens (tertiary/aromatic N) is 2. The first-order chi connectivity index (χ1) is 32.7. The maximum Gasteiger partial charge on any atom is 0.252 e. The minimum absolute atomic E-state index is 0.0211. The lowest BCUT2D eigenvalue weighted by atomic mass is 9.33. The van der Waals surface area contributed by atoms with E-state index in [1.807, 2.05) is 0 Å². The van der Waals surface area contributed by atoms with Crippen LogP contribution in [0.2, 0.25) is 0 Å².